The molecule has 0 saturated carbocycles. The lowest BCUT2D eigenvalue weighted by molar-refractivity contribution is 0.642. The minimum absolute atomic E-state index is 0.964. The molecular weight excluding hydrogens is 260 g/mol. The number of unbranched alkanes of at least 4 members (excludes halogenated alkanes) is 1. The predicted molar refractivity (Wildman–Crippen MR) is 81.4 cm³/mol. The minimum Gasteiger partial charge on any atom is -0.312 e. The third kappa shape index (κ3) is 3.40. The van der Waals surface area contributed by atoms with Crippen LogP contribution in [0.4, 0.5) is 0 Å². The molecule has 1 N–H and O–H groups in total. The van der Waals surface area contributed by atoms with Gasteiger partial charge < -0.3 is 5.32 Å². The molecule has 0 saturated heterocycles. The van der Waals surface area contributed by atoms with Crippen LogP contribution in [0.2, 0.25) is 0 Å². The van der Waals surface area contributed by atoms with Crippen molar-refractivity contribution in [2.24, 2.45) is 0 Å². The molecular formula is C14H20N2S2. The van der Waals surface area contributed by atoms with E-state index in [1.165, 1.54) is 33.3 Å². The van der Waals surface area contributed by atoms with Crippen LogP contribution in [0.1, 0.15) is 37.3 Å². The predicted octanol–water partition coefficient (Wildman–Crippen LogP) is 4.32. The Kier molecular flexibility index (Phi) is 5.35. The van der Waals surface area contributed by atoms with Crippen LogP contribution in [-0.2, 0) is 13.0 Å². The molecule has 2 nitrogen and oxygen atoms in total. The van der Waals surface area contributed by atoms with Crippen molar-refractivity contribution in [2.75, 3.05) is 6.54 Å². The van der Waals surface area contributed by atoms with Crippen molar-refractivity contribution in [3.8, 4) is 9.88 Å². The molecule has 18 heavy (non-hydrogen) atoms. The second kappa shape index (κ2) is 7.02. The monoisotopic (exact) mass is 280 g/mol. The molecule has 0 aliphatic heterocycles. The van der Waals surface area contributed by atoms with Gasteiger partial charge in [0.25, 0.3) is 0 Å². The first-order valence-electron chi connectivity index (χ1n) is 6.58. The SMILES string of the molecule is CCCCNCc1sc(-c2cccs2)nc1CC. The smallest absolute Gasteiger partial charge is 0.133 e. The summed E-state index contributed by atoms with van der Waals surface area (Å²) in [5, 5.41) is 6.80. The average molecular weight is 280 g/mol. The molecule has 0 aliphatic carbocycles. The maximum Gasteiger partial charge on any atom is 0.133 e. The van der Waals surface area contributed by atoms with Gasteiger partial charge in [0.2, 0.25) is 0 Å². The Labute approximate surface area is 117 Å². The summed E-state index contributed by atoms with van der Waals surface area (Å²) in [4.78, 5) is 7.45. The van der Waals surface area contributed by atoms with Gasteiger partial charge >= 0.3 is 0 Å². The average Bonchev–Trinajstić information content (AvgIpc) is 3.03. The standard InChI is InChI=1S/C14H20N2S2/c1-3-5-8-15-10-13-11(4-2)16-14(18-13)12-7-6-9-17-12/h6-7,9,15H,3-5,8,10H2,1-2H3. The van der Waals surface area contributed by atoms with Gasteiger partial charge in [-0.15, -0.1) is 22.7 Å². The molecule has 0 aliphatic rings. The maximum atomic E-state index is 4.76. The Hall–Kier alpha value is -0.710. The number of aromatic nitrogens is 1. The first-order chi connectivity index (χ1) is 8.85. The van der Waals surface area contributed by atoms with E-state index in [4.69, 9.17) is 4.98 Å². The summed E-state index contributed by atoms with van der Waals surface area (Å²) in [5.41, 5.74) is 1.26. The van der Waals surface area contributed by atoms with Gasteiger partial charge in [0.05, 0.1) is 10.6 Å². The van der Waals surface area contributed by atoms with Crippen LogP contribution in [-0.4, -0.2) is 11.5 Å². The molecule has 0 radical (unpaired) electrons. The summed E-state index contributed by atoms with van der Waals surface area (Å²) in [5.74, 6) is 0. The van der Waals surface area contributed by atoms with Crippen molar-refractivity contribution in [2.45, 2.75) is 39.7 Å². The number of aryl methyl sites for hydroxylation is 1. The fourth-order valence-corrected chi connectivity index (χ4v) is 3.72. The van der Waals surface area contributed by atoms with Crippen molar-refractivity contribution >= 4 is 22.7 Å². The highest BCUT2D eigenvalue weighted by molar-refractivity contribution is 7.21. The number of rotatable bonds is 7. The zero-order chi connectivity index (χ0) is 12.8. The Bertz CT molecular complexity index is 460. The first-order valence-corrected chi connectivity index (χ1v) is 8.28. The molecule has 2 aromatic rings. The third-order valence-corrected chi connectivity index (χ3v) is 4.97. The van der Waals surface area contributed by atoms with Gasteiger partial charge in [-0.2, -0.15) is 0 Å². The van der Waals surface area contributed by atoms with Crippen LogP contribution in [0.5, 0.6) is 0 Å². The molecule has 0 atom stereocenters. The van der Waals surface area contributed by atoms with E-state index >= 15 is 0 Å². The summed E-state index contributed by atoms with van der Waals surface area (Å²) in [7, 11) is 0. The van der Waals surface area contributed by atoms with Gasteiger partial charge in [0.1, 0.15) is 5.01 Å². The van der Waals surface area contributed by atoms with E-state index in [0.717, 1.165) is 19.5 Å². The van der Waals surface area contributed by atoms with E-state index in [9.17, 15) is 0 Å². The zero-order valence-electron chi connectivity index (χ0n) is 11.0. The van der Waals surface area contributed by atoms with Crippen LogP contribution in [0.25, 0.3) is 9.88 Å². The number of nitrogens with zero attached hydrogens (tertiary/aromatic N) is 1. The van der Waals surface area contributed by atoms with Crippen LogP contribution in [0.15, 0.2) is 17.5 Å². The van der Waals surface area contributed by atoms with Gasteiger partial charge in [-0.25, -0.2) is 4.98 Å². The molecule has 0 spiro atoms. The van der Waals surface area contributed by atoms with Crippen LogP contribution in [0.3, 0.4) is 0 Å². The Morgan fingerprint density at radius 2 is 2.22 bits per heavy atom. The van der Waals surface area contributed by atoms with E-state index in [0.29, 0.717) is 0 Å². The van der Waals surface area contributed by atoms with E-state index < -0.39 is 0 Å². The summed E-state index contributed by atoms with van der Waals surface area (Å²) in [6.45, 7) is 6.47. The summed E-state index contributed by atoms with van der Waals surface area (Å²) < 4.78 is 0. The van der Waals surface area contributed by atoms with Crippen LogP contribution in [0, 0.1) is 0 Å². The molecule has 2 rings (SSSR count). The topological polar surface area (TPSA) is 24.9 Å². The van der Waals surface area contributed by atoms with E-state index in [1.807, 2.05) is 11.3 Å². The minimum atomic E-state index is 0.964. The Balaban J connectivity index is 2.05. The van der Waals surface area contributed by atoms with Gasteiger partial charge in [0.15, 0.2) is 0 Å². The molecule has 0 aromatic carbocycles. The third-order valence-electron chi connectivity index (χ3n) is 2.84. The van der Waals surface area contributed by atoms with Crippen molar-refractivity contribution in [3.05, 3.63) is 28.1 Å². The van der Waals surface area contributed by atoms with Gasteiger partial charge in [0, 0.05) is 11.4 Å². The maximum absolute atomic E-state index is 4.76. The number of nitrogens with one attached hydrogen (secondary N) is 1. The molecule has 2 heterocycles. The van der Waals surface area contributed by atoms with Crippen molar-refractivity contribution < 1.29 is 0 Å². The molecule has 0 fully saturated rings. The lowest BCUT2D eigenvalue weighted by atomic mass is 10.3. The Morgan fingerprint density at radius 3 is 2.89 bits per heavy atom. The molecule has 2 aromatic heterocycles. The van der Waals surface area contributed by atoms with Crippen LogP contribution < -0.4 is 5.32 Å². The molecule has 0 amide bonds. The molecule has 4 heteroatoms. The lowest BCUT2D eigenvalue weighted by Crippen LogP contribution is -2.14. The summed E-state index contributed by atoms with van der Waals surface area (Å²) in [6.07, 6.45) is 3.52. The highest BCUT2D eigenvalue weighted by Crippen LogP contribution is 2.31. The summed E-state index contributed by atoms with van der Waals surface area (Å²) >= 11 is 3.60. The quantitative estimate of drug-likeness (QED) is 0.764. The number of thiophene rings is 1. The zero-order valence-corrected chi connectivity index (χ0v) is 12.7. The van der Waals surface area contributed by atoms with Crippen LogP contribution >= 0.6 is 22.7 Å². The molecule has 98 valence electrons. The van der Waals surface area contributed by atoms with Gasteiger partial charge in [-0.1, -0.05) is 26.3 Å². The van der Waals surface area contributed by atoms with Gasteiger partial charge in [-0.3, -0.25) is 0 Å². The normalized spacial score (nSPS) is 11.0. The largest absolute Gasteiger partial charge is 0.312 e. The van der Waals surface area contributed by atoms with Gasteiger partial charge in [-0.05, 0) is 30.8 Å². The molecule has 0 unspecified atom stereocenters. The van der Waals surface area contributed by atoms with Crippen molar-refractivity contribution in [3.63, 3.8) is 0 Å². The fraction of sp³-hybridized carbons (Fsp3) is 0.500. The first kappa shape index (κ1) is 13.7. The Morgan fingerprint density at radius 1 is 1.33 bits per heavy atom. The number of hydrogen-bond acceptors (Lipinski definition) is 4. The lowest BCUT2D eigenvalue weighted by Gasteiger charge is -2.02. The highest BCUT2D eigenvalue weighted by atomic mass is 32.1. The van der Waals surface area contributed by atoms with Crippen molar-refractivity contribution in [1.29, 1.82) is 0 Å². The fourth-order valence-electron chi connectivity index (χ4n) is 1.81. The highest BCUT2D eigenvalue weighted by Gasteiger charge is 2.11. The van der Waals surface area contributed by atoms with E-state index in [1.54, 1.807) is 11.3 Å². The summed E-state index contributed by atoms with van der Waals surface area (Å²) in [6, 6.07) is 4.24. The second-order valence-corrected chi connectivity index (χ2v) is 6.28. The van der Waals surface area contributed by atoms with Crippen molar-refractivity contribution in [1.82, 2.24) is 10.3 Å². The van der Waals surface area contributed by atoms with E-state index in [-0.39, 0.29) is 0 Å². The number of thiazole rings is 1. The molecule has 0 bridgehead atoms. The second-order valence-electron chi connectivity index (χ2n) is 4.25. The number of hydrogen-bond donors (Lipinski definition) is 1. The van der Waals surface area contributed by atoms with E-state index in [2.05, 4.69) is 36.7 Å².